The van der Waals surface area contributed by atoms with Crippen molar-refractivity contribution < 1.29 is 61.0 Å². The summed E-state index contributed by atoms with van der Waals surface area (Å²) >= 11 is 0. The quantitative estimate of drug-likeness (QED) is 0.388. The van der Waals surface area contributed by atoms with Gasteiger partial charge in [-0.25, -0.2) is 0 Å². The maximum absolute atomic E-state index is 10.7. The van der Waals surface area contributed by atoms with E-state index in [1.54, 1.807) is 31.2 Å². The molecule has 0 aliphatic carbocycles. The van der Waals surface area contributed by atoms with Crippen molar-refractivity contribution >= 4 is 12.2 Å². The van der Waals surface area contributed by atoms with Crippen molar-refractivity contribution in [3.63, 3.8) is 0 Å². The number of hydrogen-bond acceptors (Lipinski definition) is 2. The fourth-order valence-corrected chi connectivity index (χ4v) is 0.623. The van der Waals surface area contributed by atoms with Crippen LogP contribution in [0.4, 0.5) is 0 Å². The van der Waals surface area contributed by atoms with Gasteiger partial charge in [-0.15, -0.1) is 7.05 Å². The van der Waals surface area contributed by atoms with Gasteiger partial charge in [0.15, 0.2) is 0 Å². The Hall–Kier alpha value is 0.256. The van der Waals surface area contributed by atoms with E-state index in [4.69, 9.17) is 0 Å². The number of amides is 1. The maximum atomic E-state index is 10.7. The SMILES string of the molecule is CC.C[N-]C(=O)C/C=C\C=C/C(C)C=O.[K+]. The molecule has 0 aliphatic rings. The monoisotopic (exact) mass is 249 g/mol. The Bertz CT molecular complexity index is 225. The topological polar surface area (TPSA) is 48.2 Å². The summed E-state index contributed by atoms with van der Waals surface area (Å²) in [6.07, 6.45) is 8.14. The normalized spacial score (nSPS) is 11.2. The number of rotatable bonds is 5. The summed E-state index contributed by atoms with van der Waals surface area (Å²) in [6.45, 7) is 5.80. The number of carbonyl (C=O) groups is 2. The molecule has 0 saturated heterocycles. The van der Waals surface area contributed by atoms with Crippen molar-refractivity contribution in [2.75, 3.05) is 7.05 Å². The first-order valence-electron chi connectivity index (χ1n) is 5.12. The molecule has 0 aromatic rings. The molecule has 0 aliphatic heterocycles. The van der Waals surface area contributed by atoms with Gasteiger partial charge in [0.05, 0.1) is 5.91 Å². The number of aldehydes is 1. The van der Waals surface area contributed by atoms with Crippen molar-refractivity contribution in [3.05, 3.63) is 29.6 Å². The predicted molar refractivity (Wildman–Crippen MR) is 63.8 cm³/mol. The van der Waals surface area contributed by atoms with Gasteiger partial charge < -0.3 is 14.9 Å². The first-order chi connectivity index (χ1) is 7.20. The van der Waals surface area contributed by atoms with Gasteiger partial charge in [0.25, 0.3) is 0 Å². The summed E-state index contributed by atoms with van der Waals surface area (Å²) in [4.78, 5) is 20.8. The summed E-state index contributed by atoms with van der Waals surface area (Å²) in [5.41, 5.74) is 0. The van der Waals surface area contributed by atoms with Crippen molar-refractivity contribution in [3.8, 4) is 0 Å². The maximum Gasteiger partial charge on any atom is 1.00 e. The summed E-state index contributed by atoms with van der Waals surface area (Å²) in [7, 11) is 1.47. The molecular formula is C12H20KNO2. The molecule has 1 amide bonds. The second-order valence-electron chi connectivity index (χ2n) is 2.63. The Morgan fingerprint density at radius 1 is 1.31 bits per heavy atom. The first-order valence-corrected chi connectivity index (χ1v) is 5.12. The molecule has 0 aromatic heterocycles. The van der Waals surface area contributed by atoms with Gasteiger partial charge in [0.2, 0.25) is 0 Å². The van der Waals surface area contributed by atoms with Crippen LogP contribution in [-0.2, 0) is 9.59 Å². The Labute approximate surface area is 141 Å². The van der Waals surface area contributed by atoms with Gasteiger partial charge in [-0.3, -0.25) is 0 Å². The Balaban J connectivity index is -0.000000529. The van der Waals surface area contributed by atoms with E-state index in [9.17, 15) is 9.59 Å². The van der Waals surface area contributed by atoms with Gasteiger partial charge in [-0.1, -0.05) is 45.1 Å². The van der Waals surface area contributed by atoms with Crippen LogP contribution in [0.25, 0.3) is 5.32 Å². The van der Waals surface area contributed by atoms with E-state index in [1.165, 1.54) is 7.05 Å². The van der Waals surface area contributed by atoms with Crippen molar-refractivity contribution in [1.29, 1.82) is 0 Å². The van der Waals surface area contributed by atoms with E-state index >= 15 is 0 Å². The van der Waals surface area contributed by atoms with Gasteiger partial charge >= 0.3 is 51.4 Å². The predicted octanol–water partition coefficient (Wildman–Crippen LogP) is -0.116. The molecule has 0 saturated carbocycles. The zero-order valence-electron chi connectivity index (χ0n) is 10.9. The largest absolute Gasteiger partial charge is 1.00 e. The number of nitrogens with zero attached hydrogens (tertiary/aromatic N) is 1. The molecular weight excluding hydrogens is 229 g/mol. The molecule has 0 spiro atoms. The molecule has 0 radical (unpaired) electrons. The van der Waals surface area contributed by atoms with E-state index in [0.29, 0.717) is 6.42 Å². The Morgan fingerprint density at radius 3 is 2.31 bits per heavy atom. The van der Waals surface area contributed by atoms with Crippen LogP contribution in [0.15, 0.2) is 24.3 Å². The van der Waals surface area contributed by atoms with Gasteiger partial charge in [0.1, 0.15) is 6.29 Å². The molecule has 1 unspecified atom stereocenters. The third-order valence-electron chi connectivity index (χ3n) is 1.42. The van der Waals surface area contributed by atoms with E-state index < -0.39 is 0 Å². The summed E-state index contributed by atoms with van der Waals surface area (Å²) in [5, 5.41) is 3.47. The molecule has 1 atom stereocenters. The fourth-order valence-electron chi connectivity index (χ4n) is 0.623. The van der Waals surface area contributed by atoms with Crippen LogP contribution in [0.2, 0.25) is 0 Å². The average molecular weight is 249 g/mol. The minimum Gasteiger partial charge on any atom is -0.656 e. The number of hydrogen-bond donors (Lipinski definition) is 0. The molecule has 0 N–H and O–H groups in total. The van der Waals surface area contributed by atoms with Gasteiger partial charge in [0, 0.05) is 12.3 Å². The Kier molecular flexibility index (Phi) is 23.7. The second kappa shape index (κ2) is 17.6. The molecule has 86 valence electrons. The number of allylic oxidation sites excluding steroid dienone is 3. The third-order valence-corrected chi connectivity index (χ3v) is 1.42. The standard InChI is InChI=1S/C10H15NO2.C2H6.K/c1-9(8-12)6-4-3-5-7-10(13)11-2;1-2;/h3-6,8-9H,7H2,1-2H3,(H,11,13);1-2H3;/q;;+1/p-1/b5-3-,6-4-;;. The summed E-state index contributed by atoms with van der Waals surface area (Å²) in [5.74, 6) is -0.218. The van der Waals surface area contributed by atoms with Crippen LogP contribution in [0.5, 0.6) is 0 Å². The average Bonchev–Trinajstić information content (AvgIpc) is 2.30. The van der Waals surface area contributed by atoms with E-state index in [0.717, 1.165) is 6.29 Å². The third kappa shape index (κ3) is 16.7. The zero-order chi connectivity index (χ0) is 12.1. The van der Waals surface area contributed by atoms with Crippen LogP contribution >= 0.6 is 0 Å². The van der Waals surface area contributed by atoms with Crippen molar-refractivity contribution in [2.24, 2.45) is 5.92 Å². The number of carbonyl (C=O) groups excluding carboxylic acids is 2. The molecule has 3 nitrogen and oxygen atoms in total. The molecule has 0 aromatic carbocycles. The minimum absolute atomic E-state index is 0. The van der Waals surface area contributed by atoms with Gasteiger partial charge in [-0.2, -0.15) is 0 Å². The summed E-state index contributed by atoms with van der Waals surface area (Å²) in [6, 6.07) is 0. The minimum atomic E-state index is -0.145. The van der Waals surface area contributed by atoms with Crippen LogP contribution < -0.4 is 51.4 Å². The van der Waals surface area contributed by atoms with Crippen LogP contribution in [0, 0.1) is 5.92 Å². The summed E-state index contributed by atoms with van der Waals surface area (Å²) < 4.78 is 0. The van der Waals surface area contributed by atoms with E-state index in [1.807, 2.05) is 13.8 Å². The van der Waals surface area contributed by atoms with E-state index in [2.05, 4.69) is 5.32 Å². The molecule has 16 heavy (non-hydrogen) atoms. The smallest absolute Gasteiger partial charge is 0.656 e. The van der Waals surface area contributed by atoms with E-state index in [-0.39, 0.29) is 63.2 Å². The molecule has 0 bridgehead atoms. The zero-order valence-corrected chi connectivity index (χ0v) is 14.1. The second-order valence-corrected chi connectivity index (χ2v) is 2.63. The molecule has 0 rings (SSSR count). The van der Waals surface area contributed by atoms with Crippen LogP contribution in [0.3, 0.4) is 0 Å². The van der Waals surface area contributed by atoms with Crippen molar-refractivity contribution in [1.82, 2.24) is 0 Å². The Morgan fingerprint density at radius 2 is 1.88 bits per heavy atom. The molecule has 0 heterocycles. The first kappa shape index (κ1) is 21.5. The van der Waals surface area contributed by atoms with Gasteiger partial charge in [-0.05, 0) is 0 Å². The van der Waals surface area contributed by atoms with Crippen LogP contribution in [-0.4, -0.2) is 19.2 Å². The molecule has 4 heteroatoms. The van der Waals surface area contributed by atoms with Crippen LogP contribution in [0.1, 0.15) is 27.2 Å². The molecule has 0 fully saturated rings. The van der Waals surface area contributed by atoms with Crippen molar-refractivity contribution in [2.45, 2.75) is 27.2 Å². The fraction of sp³-hybridized carbons (Fsp3) is 0.500.